The molecule has 1 amide bonds. The van der Waals surface area contributed by atoms with E-state index in [1.807, 2.05) is 6.92 Å². The van der Waals surface area contributed by atoms with E-state index in [0.717, 1.165) is 0 Å². The van der Waals surface area contributed by atoms with E-state index in [9.17, 15) is 13.2 Å². The molecule has 0 heterocycles. The van der Waals surface area contributed by atoms with E-state index in [1.54, 1.807) is 43.3 Å². The van der Waals surface area contributed by atoms with Crippen LogP contribution in [0.5, 0.6) is 23.0 Å². The summed E-state index contributed by atoms with van der Waals surface area (Å²) < 4.78 is 47.3. The zero-order chi connectivity index (χ0) is 27.5. The van der Waals surface area contributed by atoms with Crippen LogP contribution in [0.4, 0.5) is 0 Å². The molecule has 9 nitrogen and oxygen atoms in total. The average molecular weight is 559 g/mol. The Balaban J connectivity index is 1.73. The molecule has 0 aliphatic heterocycles. The summed E-state index contributed by atoms with van der Waals surface area (Å²) in [7, 11) is -4.11. The van der Waals surface area contributed by atoms with Gasteiger partial charge in [0.1, 0.15) is 11.5 Å². The second kappa shape index (κ2) is 13.5. The molecule has 1 N–H and O–H groups in total. The third-order valence-corrected chi connectivity index (χ3v) is 6.31. The number of benzene rings is 3. The van der Waals surface area contributed by atoms with Crippen molar-refractivity contribution in [2.45, 2.75) is 18.7 Å². The van der Waals surface area contributed by atoms with E-state index in [0.29, 0.717) is 40.9 Å². The zero-order valence-electron chi connectivity index (χ0n) is 20.8. The molecular formula is C27H27ClN2O7S. The summed E-state index contributed by atoms with van der Waals surface area (Å²) in [5, 5.41) is 4.39. The van der Waals surface area contributed by atoms with Crippen molar-refractivity contribution in [3.8, 4) is 23.0 Å². The van der Waals surface area contributed by atoms with Crippen molar-refractivity contribution in [2.75, 3.05) is 19.8 Å². The van der Waals surface area contributed by atoms with E-state index in [-0.39, 0.29) is 23.0 Å². The summed E-state index contributed by atoms with van der Waals surface area (Å²) in [5.74, 6) is 0.658. The van der Waals surface area contributed by atoms with E-state index < -0.39 is 16.0 Å². The minimum atomic E-state index is -4.11. The molecule has 0 saturated carbocycles. The highest BCUT2D eigenvalue weighted by Crippen LogP contribution is 2.31. The second-order valence-electron chi connectivity index (χ2n) is 7.52. The highest BCUT2D eigenvalue weighted by molar-refractivity contribution is 7.87. The van der Waals surface area contributed by atoms with Crippen LogP contribution in [0.1, 0.15) is 29.8 Å². The Morgan fingerprint density at radius 2 is 1.58 bits per heavy atom. The molecule has 0 unspecified atom stereocenters. The van der Waals surface area contributed by atoms with Crippen LogP contribution in [0.25, 0.3) is 0 Å². The predicted molar refractivity (Wildman–Crippen MR) is 145 cm³/mol. The van der Waals surface area contributed by atoms with Gasteiger partial charge in [-0.1, -0.05) is 24.3 Å². The lowest BCUT2D eigenvalue weighted by Gasteiger charge is -2.12. The van der Waals surface area contributed by atoms with Crippen LogP contribution >= 0.6 is 11.6 Å². The summed E-state index contributed by atoms with van der Waals surface area (Å²) in [6.45, 7) is 8.16. The Labute approximate surface area is 226 Å². The van der Waals surface area contributed by atoms with Crippen LogP contribution < -0.4 is 23.8 Å². The first-order valence-electron chi connectivity index (χ1n) is 11.6. The number of hydrogen-bond acceptors (Lipinski definition) is 8. The number of hydrogen-bond donors (Lipinski definition) is 1. The first-order chi connectivity index (χ1) is 18.3. The summed E-state index contributed by atoms with van der Waals surface area (Å²) >= 11 is 5.84. The maximum Gasteiger partial charge on any atom is 0.339 e. The molecule has 0 spiro atoms. The molecular weight excluding hydrogens is 532 g/mol. The SMILES string of the molecule is C=CCOc1ccc(C(=O)N/N=C/c2ccc(OS(=O)(=O)c3ccc(Cl)cc3)c(OCC)c2)cc1OCC. The number of halogens is 1. The lowest BCUT2D eigenvalue weighted by molar-refractivity contribution is 0.0954. The Kier molecular flexibility index (Phi) is 10.1. The van der Waals surface area contributed by atoms with Crippen molar-refractivity contribution in [3.63, 3.8) is 0 Å². The number of nitrogens with zero attached hydrogens (tertiary/aromatic N) is 1. The van der Waals surface area contributed by atoms with Crippen molar-refractivity contribution in [1.29, 1.82) is 0 Å². The third kappa shape index (κ3) is 7.74. The van der Waals surface area contributed by atoms with Crippen LogP contribution in [0.3, 0.4) is 0 Å². The Morgan fingerprint density at radius 3 is 2.24 bits per heavy atom. The smallest absolute Gasteiger partial charge is 0.339 e. The summed E-state index contributed by atoms with van der Waals surface area (Å²) in [5.41, 5.74) is 3.31. The number of carbonyl (C=O) groups is 1. The van der Waals surface area contributed by atoms with Gasteiger partial charge in [-0.25, -0.2) is 5.43 Å². The number of carbonyl (C=O) groups excluding carboxylic acids is 1. The molecule has 200 valence electrons. The first-order valence-corrected chi connectivity index (χ1v) is 13.4. The molecule has 0 aliphatic carbocycles. The normalized spacial score (nSPS) is 11.1. The fourth-order valence-electron chi connectivity index (χ4n) is 3.13. The molecule has 3 rings (SSSR count). The molecule has 3 aromatic rings. The minimum absolute atomic E-state index is 0.00482. The zero-order valence-corrected chi connectivity index (χ0v) is 22.4. The topological polar surface area (TPSA) is 113 Å². The summed E-state index contributed by atoms with van der Waals surface area (Å²) in [6, 6.07) is 15.0. The fourth-order valence-corrected chi connectivity index (χ4v) is 4.19. The van der Waals surface area contributed by atoms with Crippen molar-refractivity contribution in [1.82, 2.24) is 5.43 Å². The molecule has 0 radical (unpaired) electrons. The van der Waals surface area contributed by atoms with E-state index in [2.05, 4.69) is 17.1 Å². The van der Waals surface area contributed by atoms with Gasteiger partial charge >= 0.3 is 10.1 Å². The Bertz CT molecular complexity index is 1410. The van der Waals surface area contributed by atoms with Crippen molar-refractivity contribution in [3.05, 3.63) is 89.5 Å². The van der Waals surface area contributed by atoms with Gasteiger partial charge in [0, 0.05) is 10.6 Å². The van der Waals surface area contributed by atoms with Gasteiger partial charge in [-0.15, -0.1) is 0 Å². The van der Waals surface area contributed by atoms with Gasteiger partial charge in [-0.3, -0.25) is 4.79 Å². The largest absolute Gasteiger partial charge is 0.490 e. The lowest BCUT2D eigenvalue weighted by atomic mass is 10.2. The molecule has 0 aromatic heterocycles. The standard InChI is InChI=1S/C27H27ClN2O7S/c1-4-15-36-23-14-8-20(17-26(23)35-6-3)27(31)30-29-18-19-7-13-24(25(16-19)34-5-2)37-38(32,33)22-11-9-21(28)10-12-22/h4,7-14,16-18H,1,5-6,15H2,2-3H3,(H,30,31)/b29-18+. The number of amides is 1. The molecule has 0 saturated heterocycles. The second-order valence-corrected chi connectivity index (χ2v) is 9.51. The van der Waals surface area contributed by atoms with Crippen molar-refractivity contribution < 1.29 is 31.6 Å². The highest BCUT2D eigenvalue weighted by Gasteiger charge is 2.19. The number of hydrazone groups is 1. The minimum Gasteiger partial charge on any atom is -0.490 e. The third-order valence-electron chi connectivity index (χ3n) is 4.81. The van der Waals surface area contributed by atoms with Gasteiger partial charge in [-0.2, -0.15) is 13.5 Å². The molecule has 3 aromatic carbocycles. The molecule has 0 bridgehead atoms. The number of nitrogens with one attached hydrogen (secondary N) is 1. The maximum absolute atomic E-state index is 12.7. The van der Waals surface area contributed by atoms with Crippen LogP contribution in [-0.2, 0) is 10.1 Å². The molecule has 38 heavy (non-hydrogen) atoms. The summed E-state index contributed by atoms with van der Waals surface area (Å²) in [6.07, 6.45) is 3.00. The van der Waals surface area contributed by atoms with Gasteiger partial charge in [0.25, 0.3) is 5.91 Å². The number of ether oxygens (including phenoxy) is 3. The molecule has 0 atom stereocenters. The first kappa shape index (κ1) is 28.5. The van der Waals surface area contributed by atoms with Crippen molar-refractivity contribution >= 4 is 33.8 Å². The fraction of sp³-hybridized carbons (Fsp3) is 0.185. The van der Waals surface area contributed by atoms with Crippen LogP contribution in [0.2, 0.25) is 5.02 Å². The number of rotatable bonds is 13. The van der Waals surface area contributed by atoms with E-state index in [4.69, 9.17) is 30.0 Å². The van der Waals surface area contributed by atoms with Crippen molar-refractivity contribution in [2.24, 2.45) is 5.10 Å². The Morgan fingerprint density at radius 1 is 0.921 bits per heavy atom. The van der Waals surface area contributed by atoms with Crippen LogP contribution in [0, 0.1) is 0 Å². The van der Waals surface area contributed by atoms with Gasteiger partial charge in [0.05, 0.1) is 19.4 Å². The maximum atomic E-state index is 12.7. The van der Waals surface area contributed by atoms with Crippen LogP contribution in [0.15, 0.2) is 83.3 Å². The van der Waals surface area contributed by atoms with Gasteiger partial charge in [0.15, 0.2) is 23.0 Å². The average Bonchev–Trinajstić information content (AvgIpc) is 2.89. The molecule has 0 aliphatic rings. The van der Waals surface area contributed by atoms with E-state index >= 15 is 0 Å². The van der Waals surface area contributed by atoms with Gasteiger partial charge in [0.2, 0.25) is 0 Å². The molecule has 11 heteroatoms. The summed E-state index contributed by atoms with van der Waals surface area (Å²) in [4.78, 5) is 12.5. The highest BCUT2D eigenvalue weighted by atomic mass is 35.5. The van der Waals surface area contributed by atoms with Gasteiger partial charge in [-0.05, 0) is 80.1 Å². The van der Waals surface area contributed by atoms with E-state index in [1.165, 1.54) is 36.5 Å². The van der Waals surface area contributed by atoms with Gasteiger partial charge < -0.3 is 18.4 Å². The monoisotopic (exact) mass is 558 g/mol. The van der Waals surface area contributed by atoms with Crippen LogP contribution in [-0.4, -0.2) is 40.4 Å². The lowest BCUT2D eigenvalue weighted by Crippen LogP contribution is -2.17. The quantitative estimate of drug-likeness (QED) is 0.132. The Hall–Kier alpha value is -4.02. The molecule has 0 fully saturated rings. The predicted octanol–water partition coefficient (Wildman–Crippen LogP) is 5.23.